The summed E-state index contributed by atoms with van der Waals surface area (Å²) in [6, 6.07) is 2.83. The monoisotopic (exact) mass is 283 g/mol. The Balaban J connectivity index is 2.16. The van der Waals surface area contributed by atoms with Crippen LogP contribution in [-0.2, 0) is 16.1 Å². The molecule has 1 rings (SSSR count). The lowest BCUT2D eigenvalue weighted by Gasteiger charge is -2.03. The second kappa shape index (κ2) is 7.98. The van der Waals surface area contributed by atoms with Crippen molar-refractivity contribution in [2.45, 2.75) is 38.6 Å². The smallest absolute Gasteiger partial charge is 0.371 e. The van der Waals surface area contributed by atoms with Gasteiger partial charge in [-0.2, -0.15) is 0 Å². The lowest BCUT2D eigenvalue weighted by molar-refractivity contribution is -0.137. The first-order chi connectivity index (χ1) is 9.49. The van der Waals surface area contributed by atoms with Gasteiger partial charge in [0, 0.05) is 12.8 Å². The van der Waals surface area contributed by atoms with Crippen LogP contribution in [0.25, 0.3) is 0 Å². The summed E-state index contributed by atoms with van der Waals surface area (Å²) in [5, 5.41) is 19.7. The normalized spacial score (nSPS) is 10.2. The molecule has 0 aliphatic heterocycles. The molecule has 110 valence electrons. The van der Waals surface area contributed by atoms with Crippen LogP contribution in [0.2, 0.25) is 0 Å². The van der Waals surface area contributed by atoms with Gasteiger partial charge in [-0.25, -0.2) is 4.79 Å². The Bertz CT molecular complexity index is 479. The van der Waals surface area contributed by atoms with Gasteiger partial charge in [-0.1, -0.05) is 6.42 Å². The summed E-state index contributed by atoms with van der Waals surface area (Å²) in [6.45, 7) is 0.140. The van der Waals surface area contributed by atoms with E-state index in [4.69, 9.17) is 14.6 Å². The molecule has 1 heterocycles. The predicted molar refractivity (Wildman–Crippen MR) is 68.2 cm³/mol. The van der Waals surface area contributed by atoms with Gasteiger partial charge in [0.25, 0.3) is 0 Å². The number of hydrogen-bond acceptors (Lipinski definition) is 4. The van der Waals surface area contributed by atoms with Crippen LogP contribution in [0.15, 0.2) is 16.5 Å². The summed E-state index contributed by atoms with van der Waals surface area (Å²) in [5.74, 6) is -1.94. The Hall–Kier alpha value is -2.31. The van der Waals surface area contributed by atoms with Gasteiger partial charge in [0.1, 0.15) is 5.76 Å². The summed E-state index contributed by atoms with van der Waals surface area (Å²) in [7, 11) is 0. The number of aromatic carboxylic acids is 1. The number of carboxylic acid groups (broad SMARTS) is 2. The summed E-state index contributed by atoms with van der Waals surface area (Å²) in [6.07, 6.45) is 2.29. The van der Waals surface area contributed by atoms with Crippen molar-refractivity contribution < 1.29 is 29.0 Å². The number of carbonyl (C=O) groups excluding carboxylic acids is 1. The van der Waals surface area contributed by atoms with E-state index in [-0.39, 0.29) is 24.6 Å². The minimum atomic E-state index is -1.15. The SMILES string of the molecule is O=C(O)CCCCCC(=O)NCc1ccc(C(=O)O)o1. The van der Waals surface area contributed by atoms with Gasteiger partial charge in [0.15, 0.2) is 0 Å². The highest BCUT2D eigenvalue weighted by atomic mass is 16.4. The number of unbranched alkanes of at least 4 members (excludes halogenated alkanes) is 2. The fourth-order valence-corrected chi connectivity index (χ4v) is 1.60. The van der Waals surface area contributed by atoms with Gasteiger partial charge in [-0.15, -0.1) is 0 Å². The number of amides is 1. The zero-order valence-electron chi connectivity index (χ0n) is 10.9. The zero-order chi connectivity index (χ0) is 15.0. The number of hydrogen-bond donors (Lipinski definition) is 3. The Morgan fingerprint density at radius 1 is 1.05 bits per heavy atom. The average Bonchev–Trinajstić information content (AvgIpc) is 2.84. The quantitative estimate of drug-likeness (QED) is 0.593. The molecule has 0 aliphatic carbocycles. The molecule has 0 aliphatic rings. The molecule has 20 heavy (non-hydrogen) atoms. The van der Waals surface area contributed by atoms with E-state index in [2.05, 4.69) is 5.32 Å². The molecule has 0 atom stereocenters. The van der Waals surface area contributed by atoms with Gasteiger partial charge >= 0.3 is 11.9 Å². The van der Waals surface area contributed by atoms with Crippen molar-refractivity contribution in [3.05, 3.63) is 23.7 Å². The highest BCUT2D eigenvalue weighted by Gasteiger charge is 2.09. The van der Waals surface area contributed by atoms with Crippen LogP contribution in [-0.4, -0.2) is 28.1 Å². The molecule has 3 N–H and O–H groups in total. The first-order valence-corrected chi connectivity index (χ1v) is 6.29. The number of carbonyl (C=O) groups is 3. The molecule has 1 amide bonds. The molecular formula is C13H17NO6. The molecule has 1 aromatic rings. The molecule has 0 saturated heterocycles. The van der Waals surface area contributed by atoms with Crippen LogP contribution in [0.5, 0.6) is 0 Å². The largest absolute Gasteiger partial charge is 0.481 e. The number of carboxylic acids is 2. The second-order valence-electron chi connectivity index (χ2n) is 4.30. The topological polar surface area (TPSA) is 117 Å². The van der Waals surface area contributed by atoms with Crippen molar-refractivity contribution in [3.8, 4) is 0 Å². The molecule has 7 nitrogen and oxygen atoms in total. The van der Waals surface area contributed by atoms with E-state index in [0.717, 1.165) is 0 Å². The van der Waals surface area contributed by atoms with Gasteiger partial charge in [-0.3, -0.25) is 9.59 Å². The maximum absolute atomic E-state index is 11.5. The summed E-state index contributed by atoms with van der Waals surface area (Å²) >= 11 is 0. The standard InChI is InChI=1S/C13H17NO6/c15-11(4-2-1-3-5-12(16)17)14-8-9-6-7-10(20-9)13(18)19/h6-7H,1-5,8H2,(H,14,15)(H,16,17)(H,18,19). The number of aliphatic carboxylic acids is 1. The molecule has 1 aromatic heterocycles. The first-order valence-electron chi connectivity index (χ1n) is 6.29. The Labute approximate surface area is 115 Å². The maximum Gasteiger partial charge on any atom is 0.371 e. The van der Waals surface area contributed by atoms with Crippen LogP contribution in [0.4, 0.5) is 0 Å². The van der Waals surface area contributed by atoms with E-state index < -0.39 is 11.9 Å². The fraction of sp³-hybridized carbons (Fsp3) is 0.462. The number of furan rings is 1. The molecule has 0 bridgehead atoms. The first kappa shape index (κ1) is 15.7. The molecule has 0 unspecified atom stereocenters. The molecule has 7 heteroatoms. The molecule has 0 fully saturated rings. The number of nitrogens with one attached hydrogen (secondary N) is 1. The van der Waals surface area contributed by atoms with Gasteiger partial charge in [0.05, 0.1) is 6.54 Å². The van der Waals surface area contributed by atoms with E-state index in [0.29, 0.717) is 31.4 Å². The third-order valence-electron chi connectivity index (χ3n) is 2.63. The third-order valence-corrected chi connectivity index (χ3v) is 2.63. The summed E-state index contributed by atoms with van der Waals surface area (Å²) < 4.78 is 4.99. The predicted octanol–water partition coefficient (Wildman–Crippen LogP) is 1.63. The van der Waals surface area contributed by atoms with Gasteiger partial charge < -0.3 is 19.9 Å². The van der Waals surface area contributed by atoms with Crippen molar-refractivity contribution in [2.24, 2.45) is 0 Å². The minimum absolute atomic E-state index is 0.117. The van der Waals surface area contributed by atoms with Gasteiger partial charge in [-0.05, 0) is 25.0 Å². The highest BCUT2D eigenvalue weighted by molar-refractivity contribution is 5.84. The van der Waals surface area contributed by atoms with Crippen LogP contribution >= 0.6 is 0 Å². The molecule has 0 aromatic carbocycles. The van der Waals surface area contributed by atoms with E-state index in [9.17, 15) is 14.4 Å². The van der Waals surface area contributed by atoms with E-state index >= 15 is 0 Å². The van der Waals surface area contributed by atoms with Crippen LogP contribution < -0.4 is 5.32 Å². The summed E-state index contributed by atoms with van der Waals surface area (Å²) in [4.78, 5) is 32.3. The van der Waals surface area contributed by atoms with E-state index in [1.165, 1.54) is 12.1 Å². The van der Waals surface area contributed by atoms with Crippen molar-refractivity contribution in [3.63, 3.8) is 0 Å². The molecule has 0 radical (unpaired) electrons. The Kier molecular flexibility index (Phi) is 6.28. The Morgan fingerprint density at radius 2 is 1.75 bits per heavy atom. The van der Waals surface area contributed by atoms with Crippen LogP contribution in [0.1, 0.15) is 48.4 Å². The van der Waals surface area contributed by atoms with Gasteiger partial charge in [0.2, 0.25) is 11.7 Å². The van der Waals surface area contributed by atoms with E-state index in [1.54, 1.807) is 0 Å². The summed E-state index contributed by atoms with van der Waals surface area (Å²) in [5.41, 5.74) is 0. The maximum atomic E-state index is 11.5. The van der Waals surface area contributed by atoms with Crippen molar-refractivity contribution in [1.82, 2.24) is 5.32 Å². The number of rotatable bonds is 9. The average molecular weight is 283 g/mol. The minimum Gasteiger partial charge on any atom is -0.481 e. The molecule has 0 saturated carbocycles. The van der Waals surface area contributed by atoms with Crippen molar-refractivity contribution >= 4 is 17.8 Å². The van der Waals surface area contributed by atoms with E-state index in [1.807, 2.05) is 0 Å². The third kappa shape index (κ3) is 6.03. The van der Waals surface area contributed by atoms with Crippen molar-refractivity contribution in [2.75, 3.05) is 0 Å². The van der Waals surface area contributed by atoms with Crippen LogP contribution in [0.3, 0.4) is 0 Å². The second-order valence-corrected chi connectivity index (χ2v) is 4.30. The lowest BCUT2D eigenvalue weighted by atomic mass is 10.1. The van der Waals surface area contributed by atoms with Crippen molar-refractivity contribution in [1.29, 1.82) is 0 Å². The zero-order valence-corrected chi connectivity index (χ0v) is 10.9. The highest BCUT2D eigenvalue weighted by Crippen LogP contribution is 2.08. The Morgan fingerprint density at radius 3 is 2.35 bits per heavy atom. The fourth-order valence-electron chi connectivity index (χ4n) is 1.60. The van der Waals surface area contributed by atoms with Crippen LogP contribution in [0, 0.1) is 0 Å². The lowest BCUT2D eigenvalue weighted by Crippen LogP contribution is -2.22. The molecule has 0 spiro atoms. The molecular weight excluding hydrogens is 266 g/mol.